The van der Waals surface area contributed by atoms with Crippen LogP contribution in [0.5, 0.6) is 0 Å². The van der Waals surface area contributed by atoms with Crippen LogP contribution >= 0.6 is 0 Å². The molecule has 0 radical (unpaired) electrons. The predicted molar refractivity (Wildman–Crippen MR) is 94.4 cm³/mol. The van der Waals surface area contributed by atoms with Gasteiger partial charge in [-0.25, -0.2) is 14.0 Å². The van der Waals surface area contributed by atoms with Crippen LogP contribution in [-0.2, 0) is 38.7 Å². The summed E-state index contributed by atoms with van der Waals surface area (Å²) in [7, 11) is -6.60. The molecule has 4 saturated carbocycles. The molecule has 5 aliphatic rings. The van der Waals surface area contributed by atoms with Gasteiger partial charge in [-0.1, -0.05) is 0 Å². The van der Waals surface area contributed by atoms with E-state index < -0.39 is 75.3 Å². The van der Waals surface area contributed by atoms with Gasteiger partial charge in [0.15, 0.2) is 5.79 Å². The minimum absolute atomic E-state index is 0.00780. The van der Waals surface area contributed by atoms with Crippen molar-refractivity contribution in [3.05, 3.63) is 0 Å². The molecule has 0 aromatic rings. The Morgan fingerprint density at radius 1 is 0.971 bits per heavy atom. The number of hydrogen-bond acceptors (Lipinski definition) is 8. The van der Waals surface area contributed by atoms with Gasteiger partial charge in [-0.05, 0) is 38.0 Å². The summed E-state index contributed by atoms with van der Waals surface area (Å²) in [5, 5.41) is -5.69. The molecule has 0 aromatic heterocycles. The van der Waals surface area contributed by atoms with Crippen LogP contribution < -0.4 is 0 Å². The van der Waals surface area contributed by atoms with Crippen molar-refractivity contribution in [2.75, 3.05) is 13.2 Å². The van der Waals surface area contributed by atoms with Gasteiger partial charge < -0.3 is 18.9 Å². The van der Waals surface area contributed by atoms with Gasteiger partial charge in [-0.15, -0.1) is 0 Å². The molecule has 1 heterocycles. The molecular weight excluding hydrogens is 525 g/mol. The highest BCUT2D eigenvalue weighted by Crippen LogP contribution is 2.64. The summed E-state index contributed by atoms with van der Waals surface area (Å²) >= 11 is 0. The zero-order chi connectivity index (χ0) is 26.2. The largest absolute Gasteiger partial charge is 0.490 e. The Labute approximate surface area is 192 Å². The lowest BCUT2D eigenvalue weighted by molar-refractivity contribution is -0.323. The molecule has 5 fully saturated rings. The van der Waals surface area contributed by atoms with Crippen molar-refractivity contribution < 1.29 is 72.2 Å². The number of carbonyl (C=O) groups is 2. The third-order valence-electron chi connectivity index (χ3n) is 7.04. The zero-order valence-corrected chi connectivity index (χ0v) is 18.3. The van der Waals surface area contributed by atoms with Crippen molar-refractivity contribution in [2.45, 2.75) is 66.9 Å². The number of hydrogen-bond donors (Lipinski definition) is 1. The van der Waals surface area contributed by atoms with Crippen molar-refractivity contribution in [3.8, 4) is 0 Å². The highest BCUT2D eigenvalue weighted by atomic mass is 32.2. The molecule has 5 rings (SSSR count). The molecule has 4 aliphatic carbocycles. The molecule has 17 heteroatoms. The standard InChI is InChI=1S/C18H19F7O9S/c19-16(18(23,24)25,35(28,29)30)12(26)34-14-3-8-1-9(4-14)15(10(2-8)5-14)32-7-11(33-15)6-31-13(27)17(20,21)22/h8-11H,1-7H2,(H,28,29,30)/t8?,9-,10?,11?,14?,15?,16?/m0/s1. The second-order valence-electron chi connectivity index (χ2n) is 9.35. The van der Waals surface area contributed by atoms with Crippen LogP contribution in [-0.4, -0.2) is 73.0 Å². The predicted octanol–water partition coefficient (Wildman–Crippen LogP) is 2.44. The molecule has 35 heavy (non-hydrogen) atoms. The van der Waals surface area contributed by atoms with Gasteiger partial charge in [0.1, 0.15) is 18.3 Å². The summed E-state index contributed by atoms with van der Waals surface area (Å²) in [6, 6.07) is 0. The molecule has 9 nitrogen and oxygen atoms in total. The molecule has 1 spiro atoms. The molecular formula is C18H19F7O9S. The lowest BCUT2D eigenvalue weighted by atomic mass is 9.51. The minimum atomic E-state index is -6.60. The first-order valence-electron chi connectivity index (χ1n) is 10.3. The Bertz CT molecular complexity index is 995. The second-order valence-corrected chi connectivity index (χ2v) is 10.9. The quantitative estimate of drug-likeness (QED) is 0.316. The van der Waals surface area contributed by atoms with E-state index in [1.165, 1.54) is 0 Å². The summed E-state index contributed by atoms with van der Waals surface area (Å²) < 4.78 is 143. The minimum Gasteiger partial charge on any atom is -0.456 e. The number of alkyl halides is 7. The van der Waals surface area contributed by atoms with Gasteiger partial charge in [0, 0.05) is 11.8 Å². The summed E-state index contributed by atoms with van der Waals surface area (Å²) in [6.07, 6.45) is -12.2. The number of carbonyl (C=O) groups excluding carboxylic acids is 2. The van der Waals surface area contributed by atoms with E-state index in [4.69, 9.17) is 18.8 Å². The maximum Gasteiger partial charge on any atom is 0.490 e. The molecule has 7 atom stereocenters. The number of halogens is 7. The first-order chi connectivity index (χ1) is 15.8. The van der Waals surface area contributed by atoms with Gasteiger partial charge in [0.05, 0.1) is 6.61 Å². The SMILES string of the molecule is O=C(OCC1COC2(O1)C1CC3C[C@H]2CC(OC(=O)C(F)(C(F)(F)F)S(=O)(=O)O)(C3)C1)C(F)(F)F. The highest BCUT2D eigenvalue weighted by Gasteiger charge is 2.75. The Balaban J connectivity index is 1.50. The molecule has 1 N–H and O–H groups in total. The van der Waals surface area contributed by atoms with E-state index >= 15 is 0 Å². The lowest BCUT2D eigenvalue weighted by Crippen LogP contribution is -2.66. The fourth-order valence-electron chi connectivity index (χ4n) is 5.92. The van der Waals surface area contributed by atoms with E-state index in [2.05, 4.69) is 4.74 Å². The van der Waals surface area contributed by atoms with Crippen LogP contribution in [0.1, 0.15) is 32.1 Å². The molecule has 1 saturated heterocycles. The van der Waals surface area contributed by atoms with Crippen LogP contribution in [0.15, 0.2) is 0 Å². The molecule has 1 aliphatic heterocycles. The smallest absolute Gasteiger partial charge is 0.456 e. The number of rotatable bonds is 5. The van der Waals surface area contributed by atoms with E-state index in [-0.39, 0.29) is 31.8 Å². The molecule has 6 unspecified atom stereocenters. The summed E-state index contributed by atoms with van der Waals surface area (Å²) in [5.74, 6) is -8.15. The van der Waals surface area contributed by atoms with E-state index in [1.807, 2.05) is 0 Å². The Hall–Kier alpha value is -1.72. The van der Waals surface area contributed by atoms with Gasteiger partial charge in [-0.2, -0.15) is 34.8 Å². The first kappa shape index (κ1) is 26.3. The van der Waals surface area contributed by atoms with Crippen LogP contribution in [0.4, 0.5) is 30.7 Å². The van der Waals surface area contributed by atoms with Crippen molar-refractivity contribution >= 4 is 22.1 Å². The van der Waals surface area contributed by atoms with E-state index in [9.17, 15) is 48.7 Å². The average Bonchev–Trinajstić information content (AvgIpc) is 3.11. The number of esters is 2. The summed E-state index contributed by atoms with van der Waals surface area (Å²) in [5.41, 5.74) is -1.69. The Kier molecular flexibility index (Phi) is 5.94. The first-order valence-corrected chi connectivity index (χ1v) is 11.8. The summed E-state index contributed by atoms with van der Waals surface area (Å²) in [6.45, 7) is -1.02. The third-order valence-corrected chi connectivity index (χ3v) is 8.15. The fraction of sp³-hybridized carbons (Fsp3) is 0.889. The Morgan fingerprint density at radius 2 is 1.54 bits per heavy atom. The third kappa shape index (κ3) is 4.17. The monoisotopic (exact) mass is 544 g/mol. The van der Waals surface area contributed by atoms with Crippen LogP contribution in [0.3, 0.4) is 0 Å². The molecule has 0 amide bonds. The Morgan fingerprint density at radius 3 is 2.03 bits per heavy atom. The maximum absolute atomic E-state index is 14.5. The van der Waals surface area contributed by atoms with Crippen molar-refractivity contribution in [1.82, 2.24) is 0 Å². The van der Waals surface area contributed by atoms with Gasteiger partial charge >= 0.3 is 39.4 Å². The van der Waals surface area contributed by atoms with Crippen molar-refractivity contribution in [2.24, 2.45) is 17.8 Å². The highest BCUT2D eigenvalue weighted by molar-refractivity contribution is 7.88. The van der Waals surface area contributed by atoms with Crippen molar-refractivity contribution in [3.63, 3.8) is 0 Å². The van der Waals surface area contributed by atoms with Gasteiger partial charge in [0.25, 0.3) is 0 Å². The van der Waals surface area contributed by atoms with Gasteiger partial charge in [-0.3, -0.25) is 4.55 Å². The topological polar surface area (TPSA) is 125 Å². The van der Waals surface area contributed by atoms with Crippen LogP contribution in [0.25, 0.3) is 0 Å². The lowest BCUT2D eigenvalue weighted by Gasteiger charge is -2.62. The molecule has 0 aromatic carbocycles. The van der Waals surface area contributed by atoms with Crippen LogP contribution in [0.2, 0.25) is 0 Å². The summed E-state index contributed by atoms with van der Waals surface area (Å²) in [4.78, 5) is 23.1. The normalized spacial score (nSPS) is 38.4. The zero-order valence-electron chi connectivity index (χ0n) is 17.5. The number of ether oxygens (including phenoxy) is 4. The van der Waals surface area contributed by atoms with E-state index in [0.717, 1.165) is 0 Å². The second kappa shape index (κ2) is 7.89. The van der Waals surface area contributed by atoms with Gasteiger partial charge in [0.2, 0.25) is 0 Å². The van der Waals surface area contributed by atoms with Crippen LogP contribution in [0, 0.1) is 17.8 Å². The average molecular weight is 544 g/mol. The van der Waals surface area contributed by atoms with E-state index in [1.54, 1.807) is 0 Å². The van der Waals surface area contributed by atoms with E-state index in [0.29, 0.717) is 12.8 Å². The van der Waals surface area contributed by atoms with Crippen molar-refractivity contribution in [1.29, 1.82) is 0 Å². The fourth-order valence-corrected chi connectivity index (χ4v) is 6.47. The maximum atomic E-state index is 14.5. The molecule has 200 valence electrons. The molecule has 4 bridgehead atoms.